The molecule has 0 aliphatic carbocycles. The van der Waals surface area contributed by atoms with E-state index in [9.17, 15) is 9.18 Å². The van der Waals surface area contributed by atoms with E-state index in [1.807, 2.05) is 24.3 Å². The van der Waals surface area contributed by atoms with E-state index in [1.54, 1.807) is 19.1 Å². The number of anilines is 2. The zero-order chi connectivity index (χ0) is 22.3. The number of piperidine rings is 1. The molecule has 3 aromatic rings. The minimum atomic E-state index is -0.624. The van der Waals surface area contributed by atoms with Crippen LogP contribution < -0.4 is 15.0 Å². The minimum absolute atomic E-state index is 0.109. The number of carbonyl (C=O) groups is 1. The topological polar surface area (TPSA) is 80.5 Å². The van der Waals surface area contributed by atoms with Crippen molar-refractivity contribution in [2.45, 2.75) is 37.5 Å². The molecule has 1 aromatic heterocycles. The van der Waals surface area contributed by atoms with Crippen molar-refractivity contribution in [3.05, 3.63) is 60.2 Å². The normalized spacial score (nSPS) is 14.8. The third-order valence-corrected chi connectivity index (χ3v) is 5.93. The number of carbonyl (C=O) groups excluding carboxylic acids is 1. The lowest BCUT2D eigenvalue weighted by atomic mass is 10.1. The molecule has 1 fully saturated rings. The van der Waals surface area contributed by atoms with Gasteiger partial charge in [0, 0.05) is 24.5 Å². The fraction of sp³-hybridized carbons (Fsp3) is 0.348. The molecule has 1 atom stereocenters. The molecule has 0 saturated carbocycles. The molecule has 2 heterocycles. The summed E-state index contributed by atoms with van der Waals surface area (Å²) < 4.78 is 24.8. The predicted octanol–water partition coefficient (Wildman–Crippen LogP) is 5.07. The Hall–Kier alpha value is -3.07. The maximum Gasteiger partial charge on any atom is 0.277 e. The minimum Gasteiger partial charge on any atom is -0.478 e. The lowest BCUT2D eigenvalue weighted by Crippen LogP contribution is -2.29. The summed E-state index contributed by atoms with van der Waals surface area (Å²) in [5.41, 5.74) is 1.93. The van der Waals surface area contributed by atoms with Gasteiger partial charge in [-0.3, -0.25) is 4.79 Å². The molecule has 0 bridgehead atoms. The molecule has 1 saturated heterocycles. The van der Waals surface area contributed by atoms with Gasteiger partial charge in [0.05, 0.1) is 5.75 Å². The van der Waals surface area contributed by atoms with Gasteiger partial charge in [0.25, 0.3) is 11.1 Å². The van der Waals surface area contributed by atoms with Crippen LogP contribution in [0.1, 0.15) is 38.2 Å². The highest BCUT2D eigenvalue weighted by Crippen LogP contribution is 2.26. The van der Waals surface area contributed by atoms with Crippen molar-refractivity contribution in [2.24, 2.45) is 0 Å². The summed E-state index contributed by atoms with van der Waals surface area (Å²) in [6, 6.07) is 14.0. The molecule has 1 amide bonds. The maximum atomic E-state index is 13.7. The van der Waals surface area contributed by atoms with Crippen molar-refractivity contribution < 1.29 is 18.3 Å². The molecule has 9 heteroatoms. The number of ether oxygens (including phenoxy) is 1. The van der Waals surface area contributed by atoms with E-state index >= 15 is 0 Å². The number of para-hydroxylation sites is 1. The Morgan fingerprint density at radius 2 is 1.91 bits per heavy atom. The van der Waals surface area contributed by atoms with Gasteiger partial charge in [-0.15, -0.1) is 10.2 Å². The van der Waals surface area contributed by atoms with Crippen LogP contribution >= 0.6 is 11.8 Å². The van der Waals surface area contributed by atoms with Crippen LogP contribution in [0.4, 0.5) is 15.8 Å². The number of thioether (sulfide) groups is 1. The number of benzene rings is 2. The highest BCUT2D eigenvalue weighted by atomic mass is 32.2. The highest BCUT2D eigenvalue weighted by Gasteiger charge is 2.18. The summed E-state index contributed by atoms with van der Waals surface area (Å²) >= 11 is 1.13. The number of halogens is 1. The van der Waals surface area contributed by atoms with Crippen molar-refractivity contribution in [1.82, 2.24) is 10.2 Å². The maximum absolute atomic E-state index is 13.7. The van der Waals surface area contributed by atoms with Crippen LogP contribution in [-0.2, 0) is 4.79 Å². The van der Waals surface area contributed by atoms with Crippen LogP contribution in [0.15, 0.2) is 58.2 Å². The van der Waals surface area contributed by atoms with Gasteiger partial charge in [-0.05, 0) is 62.6 Å². The smallest absolute Gasteiger partial charge is 0.277 e. The van der Waals surface area contributed by atoms with E-state index in [1.165, 1.54) is 37.1 Å². The Labute approximate surface area is 190 Å². The Balaban J connectivity index is 1.25. The van der Waals surface area contributed by atoms with Gasteiger partial charge in [-0.2, -0.15) is 0 Å². The van der Waals surface area contributed by atoms with E-state index in [4.69, 9.17) is 9.15 Å². The van der Waals surface area contributed by atoms with Crippen LogP contribution in [0.25, 0.3) is 0 Å². The van der Waals surface area contributed by atoms with Gasteiger partial charge < -0.3 is 19.4 Å². The summed E-state index contributed by atoms with van der Waals surface area (Å²) in [5.74, 6) is -0.189. The lowest BCUT2D eigenvalue weighted by molar-refractivity contribution is -0.113. The summed E-state index contributed by atoms with van der Waals surface area (Å²) in [6.07, 6.45) is 3.12. The number of hydrogen-bond donors (Lipinski definition) is 1. The van der Waals surface area contributed by atoms with Crippen LogP contribution in [0.5, 0.6) is 5.75 Å². The first-order valence-electron chi connectivity index (χ1n) is 10.6. The molecule has 2 aromatic carbocycles. The molecule has 1 aliphatic heterocycles. The SMILES string of the molecule is C[C@H](Oc1ccccc1F)c1nnc(SCC(=O)Nc2ccc(N3CCCCC3)cc2)o1. The van der Waals surface area contributed by atoms with Gasteiger partial charge in [0.1, 0.15) is 0 Å². The van der Waals surface area contributed by atoms with Crippen LogP contribution in [0, 0.1) is 5.82 Å². The van der Waals surface area contributed by atoms with Gasteiger partial charge >= 0.3 is 0 Å². The van der Waals surface area contributed by atoms with Crippen molar-refractivity contribution in [2.75, 3.05) is 29.1 Å². The fourth-order valence-corrected chi connectivity index (χ4v) is 4.03. The molecule has 1 N–H and O–H groups in total. The van der Waals surface area contributed by atoms with E-state index in [0.717, 1.165) is 30.5 Å². The molecule has 32 heavy (non-hydrogen) atoms. The van der Waals surface area contributed by atoms with Crippen LogP contribution in [0.2, 0.25) is 0 Å². The lowest BCUT2D eigenvalue weighted by Gasteiger charge is -2.28. The number of nitrogens with one attached hydrogen (secondary N) is 1. The summed E-state index contributed by atoms with van der Waals surface area (Å²) in [6.45, 7) is 3.85. The Morgan fingerprint density at radius 1 is 1.16 bits per heavy atom. The van der Waals surface area contributed by atoms with E-state index in [-0.39, 0.29) is 28.5 Å². The molecule has 168 valence electrons. The zero-order valence-electron chi connectivity index (χ0n) is 17.8. The Kier molecular flexibility index (Phi) is 7.26. The first-order chi connectivity index (χ1) is 15.6. The van der Waals surface area contributed by atoms with Crippen molar-refractivity contribution in [3.8, 4) is 5.75 Å². The van der Waals surface area contributed by atoms with E-state index in [2.05, 4.69) is 20.4 Å². The second kappa shape index (κ2) is 10.5. The molecule has 7 nitrogen and oxygen atoms in total. The van der Waals surface area contributed by atoms with Gasteiger partial charge in [0.15, 0.2) is 17.7 Å². The molecular weight excluding hydrogens is 431 g/mol. The quantitative estimate of drug-likeness (QED) is 0.474. The monoisotopic (exact) mass is 456 g/mol. The third-order valence-electron chi connectivity index (χ3n) is 5.11. The van der Waals surface area contributed by atoms with Gasteiger partial charge in [-0.1, -0.05) is 23.9 Å². The number of amides is 1. The van der Waals surface area contributed by atoms with E-state index in [0.29, 0.717) is 0 Å². The first kappa shape index (κ1) is 22.1. The number of nitrogens with zero attached hydrogens (tertiary/aromatic N) is 3. The van der Waals surface area contributed by atoms with Crippen molar-refractivity contribution in [1.29, 1.82) is 0 Å². The second-order valence-corrected chi connectivity index (χ2v) is 8.45. The van der Waals surface area contributed by atoms with Crippen molar-refractivity contribution >= 4 is 29.0 Å². The van der Waals surface area contributed by atoms with Crippen LogP contribution in [0.3, 0.4) is 0 Å². The second-order valence-electron chi connectivity index (χ2n) is 7.53. The number of aromatic nitrogens is 2. The average molecular weight is 457 g/mol. The summed E-state index contributed by atoms with van der Waals surface area (Å²) in [7, 11) is 0. The zero-order valence-corrected chi connectivity index (χ0v) is 18.6. The standard InChI is InChI=1S/C23H25FN4O3S/c1-16(30-20-8-4-3-7-19(20)24)22-26-27-23(31-22)32-15-21(29)25-17-9-11-18(12-10-17)28-13-5-2-6-14-28/h3-4,7-12,16H,2,5-6,13-15H2,1H3,(H,25,29)/t16-/m0/s1. The van der Waals surface area contributed by atoms with E-state index < -0.39 is 11.9 Å². The Morgan fingerprint density at radius 3 is 2.66 bits per heavy atom. The summed E-state index contributed by atoms with van der Waals surface area (Å²) in [5, 5.41) is 11.0. The molecule has 0 radical (unpaired) electrons. The average Bonchev–Trinajstić information content (AvgIpc) is 3.30. The largest absolute Gasteiger partial charge is 0.478 e. The Bertz CT molecular complexity index is 1040. The van der Waals surface area contributed by atoms with Crippen molar-refractivity contribution in [3.63, 3.8) is 0 Å². The highest BCUT2D eigenvalue weighted by molar-refractivity contribution is 7.99. The first-order valence-corrected chi connectivity index (χ1v) is 11.6. The molecule has 0 unspecified atom stereocenters. The third kappa shape index (κ3) is 5.79. The summed E-state index contributed by atoms with van der Waals surface area (Å²) in [4.78, 5) is 14.7. The molecule has 4 rings (SSSR count). The molecular formula is C23H25FN4O3S. The number of hydrogen-bond acceptors (Lipinski definition) is 7. The molecule has 1 aliphatic rings. The van der Waals surface area contributed by atoms with Crippen LogP contribution in [-0.4, -0.2) is 34.9 Å². The van der Waals surface area contributed by atoms with Gasteiger partial charge in [-0.25, -0.2) is 4.39 Å². The van der Waals surface area contributed by atoms with Gasteiger partial charge in [0.2, 0.25) is 5.91 Å². The number of rotatable bonds is 8. The molecule has 0 spiro atoms. The predicted molar refractivity (Wildman–Crippen MR) is 122 cm³/mol. The fourth-order valence-electron chi connectivity index (χ4n) is 3.46.